The predicted molar refractivity (Wildman–Crippen MR) is 80.9 cm³/mol. The molecule has 2 heterocycles. The van der Waals surface area contributed by atoms with E-state index in [1.807, 2.05) is 11.4 Å². The zero-order chi connectivity index (χ0) is 14.2. The predicted octanol–water partition coefficient (Wildman–Crippen LogP) is 4.00. The van der Waals surface area contributed by atoms with Crippen LogP contribution in [-0.2, 0) is 0 Å². The zero-order valence-corrected chi connectivity index (χ0v) is 12.4. The van der Waals surface area contributed by atoms with Crippen molar-refractivity contribution in [2.24, 2.45) is 5.41 Å². The largest absolute Gasteiger partial charge is 0.316 e. The molecule has 1 saturated heterocycles. The molecule has 2 aromatic rings. The number of hydrogen-bond donors (Lipinski definition) is 1. The van der Waals surface area contributed by atoms with Gasteiger partial charge in [-0.2, -0.15) is 0 Å². The van der Waals surface area contributed by atoms with E-state index >= 15 is 0 Å². The second-order valence-corrected chi connectivity index (χ2v) is 6.43. The lowest BCUT2D eigenvalue weighted by molar-refractivity contribution is 0.0804. The molecule has 0 spiro atoms. The molecule has 1 aromatic carbocycles. The number of ketones is 1. The molecule has 1 N–H and O–H groups in total. The summed E-state index contributed by atoms with van der Waals surface area (Å²) in [5.74, 6) is -0.0539. The van der Waals surface area contributed by atoms with Crippen LogP contribution in [0.5, 0.6) is 0 Å². The third-order valence-corrected chi connectivity index (χ3v) is 5.25. The number of fused-ring (bicyclic) bond motifs is 1. The maximum absolute atomic E-state index is 13.8. The van der Waals surface area contributed by atoms with Gasteiger partial charge < -0.3 is 5.32 Å². The molecule has 0 amide bonds. The fourth-order valence-electron chi connectivity index (χ4n) is 3.23. The quantitative estimate of drug-likeness (QED) is 0.863. The number of carbonyl (C=O) groups is 1. The minimum atomic E-state index is -0.297. The number of carbonyl (C=O) groups excluding carboxylic acids is 1. The van der Waals surface area contributed by atoms with E-state index in [0.717, 1.165) is 37.7 Å². The molecule has 1 fully saturated rings. The molecule has 1 atom stereocenters. The van der Waals surface area contributed by atoms with E-state index in [-0.39, 0.29) is 17.0 Å². The Morgan fingerprint density at radius 3 is 3.05 bits per heavy atom. The number of rotatable bonds is 4. The normalized spacial score (nSPS) is 22.5. The standard InChI is InChI=1S/C16H18FNOS/c1-2-6-16(7-8-18-10-16)15(19)12-9-20-14-11(12)4-3-5-13(14)17/h3-5,9,18H,2,6-8,10H2,1H3. The lowest BCUT2D eigenvalue weighted by Crippen LogP contribution is -2.33. The summed E-state index contributed by atoms with van der Waals surface area (Å²) in [6.45, 7) is 3.74. The van der Waals surface area contributed by atoms with Crippen LogP contribution in [0.15, 0.2) is 23.6 Å². The van der Waals surface area contributed by atoms with Crippen LogP contribution < -0.4 is 5.32 Å². The molecular formula is C16H18FNOS. The second-order valence-electron chi connectivity index (χ2n) is 5.55. The molecule has 106 valence electrons. The van der Waals surface area contributed by atoms with Gasteiger partial charge in [0.25, 0.3) is 0 Å². The highest BCUT2D eigenvalue weighted by Crippen LogP contribution is 2.38. The third-order valence-electron chi connectivity index (χ3n) is 4.25. The molecule has 1 aromatic heterocycles. The van der Waals surface area contributed by atoms with Gasteiger partial charge >= 0.3 is 0 Å². The fraction of sp³-hybridized carbons (Fsp3) is 0.438. The van der Waals surface area contributed by atoms with E-state index in [1.54, 1.807) is 6.07 Å². The molecule has 0 aliphatic carbocycles. The molecule has 0 saturated carbocycles. The lowest BCUT2D eigenvalue weighted by atomic mass is 9.76. The Labute approximate surface area is 122 Å². The van der Waals surface area contributed by atoms with Gasteiger partial charge in [-0.15, -0.1) is 11.3 Å². The maximum atomic E-state index is 13.8. The Morgan fingerprint density at radius 2 is 2.35 bits per heavy atom. The van der Waals surface area contributed by atoms with Crippen LogP contribution in [0, 0.1) is 11.2 Å². The van der Waals surface area contributed by atoms with Crippen LogP contribution >= 0.6 is 11.3 Å². The van der Waals surface area contributed by atoms with Crippen molar-refractivity contribution in [2.45, 2.75) is 26.2 Å². The molecule has 1 aliphatic heterocycles. The Morgan fingerprint density at radius 1 is 1.50 bits per heavy atom. The van der Waals surface area contributed by atoms with Crippen molar-refractivity contribution in [3.8, 4) is 0 Å². The van der Waals surface area contributed by atoms with Gasteiger partial charge in [-0.25, -0.2) is 4.39 Å². The van der Waals surface area contributed by atoms with E-state index in [2.05, 4.69) is 12.2 Å². The van der Waals surface area contributed by atoms with Crippen LogP contribution in [0.1, 0.15) is 36.5 Å². The van der Waals surface area contributed by atoms with Crippen LogP contribution in [0.3, 0.4) is 0 Å². The molecule has 20 heavy (non-hydrogen) atoms. The van der Waals surface area contributed by atoms with E-state index in [1.165, 1.54) is 17.4 Å². The third kappa shape index (κ3) is 2.07. The highest BCUT2D eigenvalue weighted by atomic mass is 32.1. The first-order valence-corrected chi connectivity index (χ1v) is 7.97. The van der Waals surface area contributed by atoms with Crippen molar-refractivity contribution in [1.29, 1.82) is 0 Å². The molecule has 0 bridgehead atoms. The van der Waals surface area contributed by atoms with Crippen molar-refractivity contribution in [3.63, 3.8) is 0 Å². The van der Waals surface area contributed by atoms with Crippen LogP contribution in [0.2, 0.25) is 0 Å². The van der Waals surface area contributed by atoms with Gasteiger partial charge in [-0.05, 0) is 25.5 Å². The summed E-state index contributed by atoms with van der Waals surface area (Å²) in [4.78, 5) is 13.0. The topological polar surface area (TPSA) is 29.1 Å². The zero-order valence-electron chi connectivity index (χ0n) is 11.5. The van der Waals surface area contributed by atoms with Crippen LogP contribution in [0.25, 0.3) is 10.1 Å². The second kappa shape index (κ2) is 5.26. The van der Waals surface area contributed by atoms with Crippen molar-refractivity contribution in [3.05, 3.63) is 35.0 Å². The fourth-order valence-corrected chi connectivity index (χ4v) is 4.18. The van der Waals surface area contributed by atoms with E-state index < -0.39 is 0 Å². The number of benzene rings is 1. The number of halogens is 1. The van der Waals surface area contributed by atoms with Crippen LogP contribution in [-0.4, -0.2) is 18.9 Å². The van der Waals surface area contributed by atoms with E-state index in [9.17, 15) is 9.18 Å². The Hall–Kier alpha value is -1.26. The Balaban J connectivity index is 2.06. The number of thiophene rings is 1. The molecule has 1 unspecified atom stereocenters. The summed E-state index contributed by atoms with van der Waals surface area (Å²) in [7, 11) is 0. The average molecular weight is 291 g/mol. The highest BCUT2D eigenvalue weighted by molar-refractivity contribution is 7.17. The maximum Gasteiger partial charge on any atom is 0.171 e. The highest BCUT2D eigenvalue weighted by Gasteiger charge is 2.41. The molecule has 1 aliphatic rings. The number of nitrogens with one attached hydrogen (secondary N) is 1. The van der Waals surface area contributed by atoms with Crippen molar-refractivity contribution in [2.75, 3.05) is 13.1 Å². The molecular weight excluding hydrogens is 273 g/mol. The summed E-state index contributed by atoms with van der Waals surface area (Å²) in [6.07, 6.45) is 2.77. The number of Topliss-reactive ketones (excluding diaryl/α,β-unsaturated/α-hetero) is 1. The van der Waals surface area contributed by atoms with Crippen LogP contribution in [0.4, 0.5) is 4.39 Å². The Bertz CT molecular complexity index is 643. The van der Waals surface area contributed by atoms with Gasteiger partial charge in [-0.3, -0.25) is 4.79 Å². The minimum absolute atomic E-state index is 0.182. The van der Waals surface area contributed by atoms with Gasteiger partial charge in [0.05, 0.1) is 4.70 Å². The SMILES string of the molecule is CCCC1(C(=O)c2csc3c(F)cccc23)CCNC1. The van der Waals surface area contributed by atoms with E-state index in [0.29, 0.717) is 10.3 Å². The van der Waals surface area contributed by atoms with E-state index in [4.69, 9.17) is 0 Å². The molecule has 0 radical (unpaired) electrons. The number of hydrogen-bond acceptors (Lipinski definition) is 3. The van der Waals surface area contributed by atoms with Gasteiger partial charge in [0.1, 0.15) is 5.82 Å². The monoisotopic (exact) mass is 291 g/mol. The summed E-state index contributed by atoms with van der Waals surface area (Å²) in [5.41, 5.74) is 0.399. The first-order chi connectivity index (χ1) is 9.68. The first-order valence-electron chi connectivity index (χ1n) is 7.09. The van der Waals surface area contributed by atoms with Gasteiger partial charge in [0.15, 0.2) is 5.78 Å². The van der Waals surface area contributed by atoms with Gasteiger partial charge in [-0.1, -0.05) is 25.5 Å². The molecule has 4 heteroatoms. The van der Waals surface area contributed by atoms with Gasteiger partial charge in [0, 0.05) is 28.3 Å². The van der Waals surface area contributed by atoms with Crippen molar-refractivity contribution in [1.82, 2.24) is 5.32 Å². The summed E-state index contributed by atoms with van der Waals surface area (Å²) in [5, 5.41) is 5.90. The first kappa shape index (κ1) is 13.7. The summed E-state index contributed by atoms with van der Waals surface area (Å²) < 4.78 is 14.4. The smallest absolute Gasteiger partial charge is 0.171 e. The van der Waals surface area contributed by atoms with Gasteiger partial charge in [0.2, 0.25) is 0 Å². The Kier molecular flexibility index (Phi) is 3.61. The van der Waals surface area contributed by atoms with Crippen molar-refractivity contribution < 1.29 is 9.18 Å². The summed E-state index contributed by atoms with van der Waals surface area (Å²) in [6, 6.07) is 4.98. The van der Waals surface area contributed by atoms with Crippen molar-refractivity contribution >= 4 is 27.2 Å². The minimum Gasteiger partial charge on any atom is -0.316 e. The molecule has 3 rings (SSSR count). The molecule has 2 nitrogen and oxygen atoms in total. The summed E-state index contributed by atoms with van der Waals surface area (Å²) >= 11 is 1.33. The lowest BCUT2D eigenvalue weighted by Gasteiger charge is -2.25. The average Bonchev–Trinajstić information content (AvgIpc) is 3.06.